The number of hydrogen-bond acceptors (Lipinski definition) is 3. The monoisotopic (exact) mass is 368 g/mol. The molecule has 1 aromatic rings. The third kappa shape index (κ3) is 4.68. The summed E-state index contributed by atoms with van der Waals surface area (Å²) >= 11 is 1.90. The van der Waals surface area contributed by atoms with Crippen LogP contribution in [0.15, 0.2) is 24.3 Å². The molecule has 3 rings (SSSR count). The van der Waals surface area contributed by atoms with Crippen LogP contribution < -0.4 is 11.1 Å². The van der Waals surface area contributed by atoms with Crippen molar-refractivity contribution in [1.29, 1.82) is 0 Å². The second-order valence-electron chi connectivity index (χ2n) is 7.02. The number of thioether (sulfide) groups is 1. The van der Waals surface area contributed by atoms with Crippen LogP contribution in [0.5, 0.6) is 0 Å². The van der Waals surface area contributed by atoms with Crippen molar-refractivity contribution >= 4 is 30.1 Å². The number of carbonyl (C=O) groups is 1. The highest BCUT2D eigenvalue weighted by molar-refractivity contribution is 7.98. The number of halogens is 1. The lowest BCUT2D eigenvalue weighted by molar-refractivity contribution is 0.0756. The fraction of sp³-hybridized carbons (Fsp3) is 0.632. The van der Waals surface area contributed by atoms with Gasteiger partial charge in [-0.3, -0.25) is 4.79 Å². The van der Waals surface area contributed by atoms with E-state index in [0.717, 1.165) is 29.9 Å². The Hall–Kier alpha value is -0.710. The van der Waals surface area contributed by atoms with Gasteiger partial charge in [0.2, 0.25) is 0 Å². The number of hydrogen-bond donors (Lipinski definition) is 2. The van der Waals surface area contributed by atoms with Gasteiger partial charge >= 0.3 is 0 Å². The summed E-state index contributed by atoms with van der Waals surface area (Å²) in [6.45, 7) is 2.17. The maximum atomic E-state index is 12.6. The van der Waals surface area contributed by atoms with Crippen LogP contribution in [-0.4, -0.2) is 23.7 Å². The minimum absolute atomic E-state index is 0. The number of rotatable bonds is 5. The first-order valence-corrected chi connectivity index (χ1v) is 10.1. The van der Waals surface area contributed by atoms with E-state index in [2.05, 4.69) is 24.4 Å². The number of amides is 1. The van der Waals surface area contributed by atoms with Crippen LogP contribution in [0.4, 0.5) is 0 Å². The normalized spacial score (nSPS) is 28.8. The third-order valence-corrected chi connectivity index (χ3v) is 6.31. The second-order valence-corrected chi connectivity index (χ2v) is 8.29. The highest BCUT2D eigenvalue weighted by atomic mass is 35.5. The van der Waals surface area contributed by atoms with E-state index in [9.17, 15) is 4.79 Å². The molecule has 134 valence electrons. The molecule has 2 bridgehead atoms. The minimum atomic E-state index is 0. The summed E-state index contributed by atoms with van der Waals surface area (Å²) in [7, 11) is 0. The molecule has 2 unspecified atom stereocenters. The molecule has 2 saturated carbocycles. The zero-order valence-electron chi connectivity index (χ0n) is 14.4. The molecule has 2 fully saturated rings. The van der Waals surface area contributed by atoms with E-state index in [0.29, 0.717) is 23.9 Å². The Morgan fingerprint density at radius 1 is 1.21 bits per heavy atom. The number of carbonyl (C=O) groups excluding carboxylic acids is 1. The summed E-state index contributed by atoms with van der Waals surface area (Å²) in [6.07, 6.45) is 5.84. The quantitative estimate of drug-likeness (QED) is 0.825. The van der Waals surface area contributed by atoms with Crippen molar-refractivity contribution in [3.63, 3.8) is 0 Å². The minimum Gasteiger partial charge on any atom is -0.349 e. The summed E-state index contributed by atoms with van der Waals surface area (Å²) in [5, 5.41) is 3.32. The Balaban J connectivity index is 0.00000208. The predicted octanol–water partition coefficient (Wildman–Crippen LogP) is 4.00. The van der Waals surface area contributed by atoms with E-state index in [-0.39, 0.29) is 18.3 Å². The topological polar surface area (TPSA) is 55.1 Å². The Bertz CT molecular complexity index is 523. The van der Waals surface area contributed by atoms with Crippen LogP contribution >= 0.6 is 24.2 Å². The molecule has 2 aliphatic carbocycles. The molecule has 0 aromatic heterocycles. The van der Waals surface area contributed by atoms with Crippen molar-refractivity contribution < 1.29 is 4.79 Å². The molecule has 0 spiro atoms. The van der Waals surface area contributed by atoms with Gasteiger partial charge in [-0.2, -0.15) is 11.8 Å². The largest absolute Gasteiger partial charge is 0.349 e. The molecule has 3 nitrogen and oxygen atoms in total. The molecule has 0 aliphatic heterocycles. The second kappa shape index (κ2) is 9.12. The van der Waals surface area contributed by atoms with E-state index in [1.165, 1.54) is 24.8 Å². The van der Waals surface area contributed by atoms with Gasteiger partial charge in [0.15, 0.2) is 0 Å². The summed E-state index contributed by atoms with van der Waals surface area (Å²) in [4.78, 5) is 12.6. The van der Waals surface area contributed by atoms with Crippen LogP contribution in [0.1, 0.15) is 54.9 Å². The third-order valence-electron chi connectivity index (χ3n) is 5.36. The lowest BCUT2D eigenvalue weighted by Crippen LogP contribution is -2.53. The standard InChI is InChI=1S/C19H28N2OS.ClH/c1-2-23-12-13-6-8-14(9-7-13)19(22)21-18-15-4-3-5-16(18)11-17(20)10-15;/h6-9,15-18H,2-5,10-12,20H2,1H3,(H,21,22);1H. The van der Waals surface area contributed by atoms with E-state index in [1.807, 2.05) is 23.9 Å². The van der Waals surface area contributed by atoms with E-state index >= 15 is 0 Å². The Kier molecular flexibility index (Phi) is 7.45. The summed E-state index contributed by atoms with van der Waals surface area (Å²) in [6, 6.07) is 8.74. The van der Waals surface area contributed by atoms with Gasteiger partial charge < -0.3 is 11.1 Å². The molecule has 2 atom stereocenters. The lowest BCUT2D eigenvalue weighted by atomic mass is 9.67. The van der Waals surface area contributed by atoms with Crippen LogP contribution in [0, 0.1) is 11.8 Å². The molecule has 5 heteroatoms. The molecule has 0 saturated heterocycles. The van der Waals surface area contributed by atoms with Crippen molar-refractivity contribution in [3.05, 3.63) is 35.4 Å². The SMILES string of the molecule is CCSCc1ccc(C(=O)NC2C3CCCC2CC(N)C3)cc1.Cl. The average Bonchev–Trinajstić information content (AvgIpc) is 2.54. The fourth-order valence-corrected chi connectivity index (χ4v) is 4.86. The highest BCUT2D eigenvalue weighted by Crippen LogP contribution is 2.39. The van der Waals surface area contributed by atoms with Gasteiger partial charge in [-0.15, -0.1) is 12.4 Å². The van der Waals surface area contributed by atoms with Crippen molar-refractivity contribution in [2.24, 2.45) is 17.6 Å². The van der Waals surface area contributed by atoms with Crippen molar-refractivity contribution in [2.75, 3.05) is 5.75 Å². The first kappa shape index (κ1) is 19.6. The summed E-state index contributed by atoms with van der Waals surface area (Å²) in [5.41, 5.74) is 8.24. The first-order chi connectivity index (χ1) is 11.2. The summed E-state index contributed by atoms with van der Waals surface area (Å²) in [5.74, 6) is 3.36. The van der Waals surface area contributed by atoms with Crippen LogP contribution in [0.3, 0.4) is 0 Å². The number of nitrogens with one attached hydrogen (secondary N) is 1. The Morgan fingerprint density at radius 3 is 2.42 bits per heavy atom. The number of fused-ring (bicyclic) bond motifs is 2. The van der Waals surface area contributed by atoms with Gasteiger partial charge in [-0.1, -0.05) is 25.5 Å². The molecule has 3 N–H and O–H groups in total. The zero-order chi connectivity index (χ0) is 16.2. The van der Waals surface area contributed by atoms with Gasteiger partial charge in [0.1, 0.15) is 0 Å². The smallest absolute Gasteiger partial charge is 0.251 e. The van der Waals surface area contributed by atoms with Crippen molar-refractivity contribution in [1.82, 2.24) is 5.32 Å². The van der Waals surface area contributed by atoms with E-state index < -0.39 is 0 Å². The highest BCUT2D eigenvalue weighted by Gasteiger charge is 2.39. The molecule has 2 aliphatic rings. The molecule has 1 amide bonds. The van der Waals surface area contributed by atoms with Crippen molar-refractivity contribution in [3.8, 4) is 0 Å². The van der Waals surface area contributed by atoms with Crippen LogP contribution in [0.2, 0.25) is 0 Å². The van der Waals surface area contributed by atoms with Gasteiger partial charge in [0.25, 0.3) is 5.91 Å². The van der Waals surface area contributed by atoms with Gasteiger partial charge in [-0.05, 0) is 61.0 Å². The van der Waals surface area contributed by atoms with Crippen LogP contribution in [-0.2, 0) is 5.75 Å². The maximum Gasteiger partial charge on any atom is 0.251 e. The first-order valence-electron chi connectivity index (χ1n) is 8.90. The molecule has 0 radical (unpaired) electrons. The van der Waals surface area contributed by atoms with Gasteiger partial charge in [0, 0.05) is 23.4 Å². The zero-order valence-corrected chi connectivity index (χ0v) is 16.0. The molecule has 1 aromatic carbocycles. The molecular formula is C19H29ClN2OS. The molecule has 0 heterocycles. The average molecular weight is 369 g/mol. The van der Waals surface area contributed by atoms with E-state index in [1.54, 1.807) is 0 Å². The van der Waals surface area contributed by atoms with Crippen LogP contribution in [0.25, 0.3) is 0 Å². The molecular weight excluding hydrogens is 340 g/mol. The summed E-state index contributed by atoms with van der Waals surface area (Å²) < 4.78 is 0. The molecule has 24 heavy (non-hydrogen) atoms. The van der Waals surface area contributed by atoms with Crippen molar-refractivity contribution in [2.45, 2.75) is 56.9 Å². The predicted molar refractivity (Wildman–Crippen MR) is 105 cm³/mol. The number of nitrogens with two attached hydrogens (primary N) is 1. The van der Waals surface area contributed by atoms with E-state index in [4.69, 9.17) is 5.73 Å². The van der Waals surface area contributed by atoms with Gasteiger partial charge in [0.05, 0.1) is 0 Å². The van der Waals surface area contributed by atoms with Gasteiger partial charge in [-0.25, -0.2) is 0 Å². The number of benzene rings is 1. The Labute approximate surface area is 155 Å². The fourth-order valence-electron chi connectivity index (χ4n) is 4.23. The maximum absolute atomic E-state index is 12.6. The Morgan fingerprint density at radius 2 is 1.83 bits per heavy atom. The lowest BCUT2D eigenvalue weighted by Gasteiger charge is -2.45.